The minimum atomic E-state index is 0.0918. The number of thioether (sulfide) groups is 1. The molecule has 0 aliphatic heterocycles. The summed E-state index contributed by atoms with van der Waals surface area (Å²) in [5, 5.41) is 13.2. The second-order valence-corrected chi connectivity index (χ2v) is 4.98. The highest BCUT2D eigenvalue weighted by Gasteiger charge is 2.09. The number of aryl methyl sites for hydroxylation is 1. The van der Waals surface area contributed by atoms with Gasteiger partial charge in [0, 0.05) is 29.7 Å². The lowest BCUT2D eigenvalue weighted by atomic mass is 10.3. The molecule has 5 heteroatoms. The summed E-state index contributed by atoms with van der Waals surface area (Å²) in [6.07, 6.45) is 1.76. The molecule has 90 valence electrons. The molecule has 16 heavy (non-hydrogen) atoms. The largest absolute Gasteiger partial charge is 0.395 e. The van der Waals surface area contributed by atoms with Crippen LogP contribution >= 0.6 is 11.8 Å². The first-order valence-electron chi connectivity index (χ1n) is 5.41. The number of rotatable bonds is 6. The van der Waals surface area contributed by atoms with Crippen LogP contribution in [-0.2, 0) is 0 Å². The van der Waals surface area contributed by atoms with Crippen LogP contribution < -0.4 is 5.32 Å². The Morgan fingerprint density at radius 1 is 1.50 bits per heavy atom. The Labute approximate surface area is 101 Å². The normalized spacial score (nSPS) is 13.1. The summed E-state index contributed by atoms with van der Waals surface area (Å²) in [7, 11) is 0. The Hall–Kier alpha value is -0.650. The first-order valence-corrected chi connectivity index (χ1v) is 6.39. The van der Waals surface area contributed by atoms with Crippen molar-refractivity contribution in [2.24, 2.45) is 0 Å². The van der Waals surface area contributed by atoms with Gasteiger partial charge in [-0.25, -0.2) is 9.97 Å². The van der Waals surface area contributed by atoms with Crippen LogP contribution in [0.15, 0.2) is 17.4 Å². The van der Waals surface area contributed by atoms with Crippen LogP contribution in [0.1, 0.15) is 19.5 Å². The number of aliphatic hydroxyl groups excluding tert-OH is 1. The van der Waals surface area contributed by atoms with Gasteiger partial charge in [0.05, 0.1) is 6.61 Å². The van der Waals surface area contributed by atoms with Crippen molar-refractivity contribution >= 4 is 11.8 Å². The smallest absolute Gasteiger partial charge is 0.187 e. The van der Waals surface area contributed by atoms with E-state index in [2.05, 4.69) is 29.1 Å². The summed E-state index contributed by atoms with van der Waals surface area (Å²) in [5.74, 6) is 0.776. The van der Waals surface area contributed by atoms with Gasteiger partial charge < -0.3 is 10.4 Å². The van der Waals surface area contributed by atoms with E-state index in [1.165, 1.54) is 0 Å². The van der Waals surface area contributed by atoms with Crippen molar-refractivity contribution in [1.82, 2.24) is 15.3 Å². The van der Waals surface area contributed by atoms with Crippen molar-refractivity contribution in [3.05, 3.63) is 18.0 Å². The molecule has 0 saturated heterocycles. The van der Waals surface area contributed by atoms with Gasteiger partial charge in [-0.15, -0.1) is 0 Å². The molecule has 1 rings (SSSR count). The molecule has 1 aromatic rings. The Morgan fingerprint density at radius 2 is 2.25 bits per heavy atom. The van der Waals surface area contributed by atoms with Crippen molar-refractivity contribution in [2.45, 2.75) is 38.0 Å². The molecule has 4 nitrogen and oxygen atoms in total. The minimum Gasteiger partial charge on any atom is -0.395 e. The van der Waals surface area contributed by atoms with Gasteiger partial charge in [-0.3, -0.25) is 0 Å². The molecule has 0 radical (unpaired) electrons. The van der Waals surface area contributed by atoms with Crippen LogP contribution in [-0.4, -0.2) is 39.5 Å². The van der Waals surface area contributed by atoms with E-state index in [-0.39, 0.29) is 12.6 Å². The summed E-state index contributed by atoms with van der Waals surface area (Å²) in [6.45, 7) is 6.21. The lowest BCUT2D eigenvalue weighted by molar-refractivity contribution is 0.247. The molecule has 0 aliphatic carbocycles. The first kappa shape index (κ1) is 13.4. The third-order valence-electron chi connectivity index (χ3n) is 1.98. The summed E-state index contributed by atoms with van der Waals surface area (Å²) in [6, 6.07) is 2.34. The highest BCUT2D eigenvalue weighted by Crippen LogP contribution is 2.13. The molecule has 0 aromatic carbocycles. The summed E-state index contributed by atoms with van der Waals surface area (Å²) >= 11 is 1.56. The fourth-order valence-corrected chi connectivity index (χ4v) is 2.19. The molecule has 1 unspecified atom stereocenters. The molecule has 1 aromatic heterocycles. The van der Waals surface area contributed by atoms with Gasteiger partial charge in [-0.05, 0) is 13.0 Å². The zero-order valence-corrected chi connectivity index (χ0v) is 10.8. The van der Waals surface area contributed by atoms with Gasteiger partial charge >= 0.3 is 0 Å². The van der Waals surface area contributed by atoms with Crippen molar-refractivity contribution < 1.29 is 5.11 Å². The van der Waals surface area contributed by atoms with E-state index >= 15 is 0 Å². The second kappa shape index (κ2) is 6.83. The summed E-state index contributed by atoms with van der Waals surface area (Å²) in [4.78, 5) is 8.47. The maximum Gasteiger partial charge on any atom is 0.187 e. The molecule has 1 atom stereocenters. The Balaban J connectivity index is 2.43. The molecule has 0 fully saturated rings. The number of nitrogens with zero attached hydrogens (tertiary/aromatic N) is 2. The number of aromatic nitrogens is 2. The standard InChI is InChI=1S/C11H19N3OS/c1-8(2)13-10(6-15)7-16-11-12-5-4-9(3)14-11/h4-5,8,10,13,15H,6-7H2,1-3H3. The highest BCUT2D eigenvalue weighted by molar-refractivity contribution is 7.99. The van der Waals surface area contributed by atoms with Crippen molar-refractivity contribution in [3.8, 4) is 0 Å². The summed E-state index contributed by atoms with van der Waals surface area (Å²) < 4.78 is 0. The maximum absolute atomic E-state index is 9.19. The molecular weight excluding hydrogens is 222 g/mol. The second-order valence-electron chi connectivity index (χ2n) is 3.99. The van der Waals surface area contributed by atoms with Gasteiger partial charge in [0.2, 0.25) is 0 Å². The molecule has 0 amide bonds. The molecule has 0 bridgehead atoms. The fraction of sp³-hybridized carbons (Fsp3) is 0.636. The summed E-state index contributed by atoms with van der Waals surface area (Å²) in [5.41, 5.74) is 0.967. The average Bonchev–Trinajstić information content (AvgIpc) is 2.24. The quantitative estimate of drug-likeness (QED) is 0.579. The van der Waals surface area contributed by atoms with Crippen LogP contribution in [0.3, 0.4) is 0 Å². The molecule has 0 aliphatic rings. The van der Waals surface area contributed by atoms with Crippen LogP contribution in [0.4, 0.5) is 0 Å². The van der Waals surface area contributed by atoms with E-state index in [0.29, 0.717) is 6.04 Å². The topological polar surface area (TPSA) is 58.0 Å². The fourth-order valence-electron chi connectivity index (χ4n) is 1.30. The molecular formula is C11H19N3OS. The van der Waals surface area contributed by atoms with Crippen molar-refractivity contribution in [1.29, 1.82) is 0 Å². The monoisotopic (exact) mass is 241 g/mol. The van der Waals surface area contributed by atoms with Crippen molar-refractivity contribution in [2.75, 3.05) is 12.4 Å². The zero-order chi connectivity index (χ0) is 12.0. The highest BCUT2D eigenvalue weighted by atomic mass is 32.2. The number of hydrogen-bond donors (Lipinski definition) is 2. The predicted octanol–water partition coefficient (Wildman–Crippen LogP) is 1.24. The number of nitrogens with one attached hydrogen (secondary N) is 1. The lowest BCUT2D eigenvalue weighted by Crippen LogP contribution is -2.39. The lowest BCUT2D eigenvalue weighted by Gasteiger charge is -2.18. The van der Waals surface area contributed by atoms with E-state index in [0.717, 1.165) is 16.6 Å². The van der Waals surface area contributed by atoms with E-state index in [9.17, 15) is 5.11 Å². The minimum absolute atomic E-state index is 0.0918. The van der Waals surface area contributed by atoms with E-state index < -0.39 is 0 Å². The molecule has 0 saturated carbocycles. The first-order chi connectivity index (χ1) is 7.61. The SMILES string of the molecule is Cc1ccnc(SCC(CO)NC(C)C)n1. The Morgan fingerprint density at radius 3 is 2.81 bits per heavy atom. The van der Waals surface area contributed by atoms with Crippen LogP contribution in [0.25, 0.3) is 0 Å². The van der Waals surface area contributed by atoms with Crippen molar-refractivity contribution in [3.63, 3.8) is 0 Å². The zero-order valence-electron chi connectivity index (χ0n) is 9.97. The van der Waals surface area contributed by atoms with Crippen LogP contribution in [0, 0.1) is 6.92 Å². The molecule has 1 heterocycles. The maximum atomic E-state index is 9.19. The van der Waals surface area contributed by atoms with E-state index in [1.807, 2.05) is 13.0 Å². The van der Waals surface area contributed by atoms with Gasteiger partial charge in [0.25, 0.3) is 0 Å². The van der Waals surface area contributed by atoms with Gasteiger partial charge in [-0.2, -0.15) is 0 Å². The Kier molecular flexibility index (Phi) is 5.73. The molecule has 2 N–H and O–H groups in total. The van der Waals surface area contributed by atoms with Crippen LogP contribution in [0.2, 0.25) is 0 Å². The number of hydrogen-bond acceptors (Lipinski definition) is 5. The van der Waals surface area contributed by atoms with Gasteiger partial charge in [-0.1, -0.05) is 25.6 Å². The molecule has 0 spiro atoms. The third kappa shape index (κ3) is 4.92. The average molecular weight is 241 g/mol. The third-order valence-corrected chi connectivity index (χ3v) is 3.00. The predicted molar refractivity (Wildman–Crippen MR) is 66.6 cm³/mol. The van der Waals surface area contributed by atoms with Crippen LogP contribution in [0.5, 0.6) is 0 Å². The van der Waals surface area contributed by atoms with Gasteiger partial charge in [0.15, 0.2) is 5.16 Å². The Bertz CT molecular complexity index is 320. The van der Waals surface area contributed by atoms with E-state index in [1.54, 1.807) is 18.0 Å². The van der Waals surface area contributed by atoms with Gasteiger partial charge in [0.1, 0.15) is 0 Å². The van der Waals surface area contributed by atoms with E-state index in [4.69, 9.17) is 0 Å². The number of aliphatic hydroxyl groups is 1.